The van der Waals surface area contributed by atoms with E-state index in [9.17, 15) is 9.18 Å². The number of fused-ring (bicyclic) bond motifs is 4. The molecule has 4 aliphatic rings. The minimum Gasteiger partial charge on any atom is -0.497 e. The molecule has 2 bridgehead atoms. The van der Waals surface area contributed by atoms with Gasteiger partial charge in [-0.25, -0.2) is 18.6 Å². The Hall–Kier alpha value is -5.68. The second-order valence-electron chi connectivity index (χ2n) is 19.4. The number of amides is 1. The van der Waals surface area contributed by atoms with Crippen molar-refractivity contribution in [2.45, 2.75) is 108 Å². The Morgan fingerprint density at radius 2 is 1.51 bits per heavy atom. The van der Waals surface area contributed by atoms with Crippen molar-refractivity contribution in [1.29, 1.82) is 0 Å². The Kier molecular flexibility index (Phi) is 12.8. The van der Waals surface area contributed by atoms with Gasteiger partial charge >= 0.3 is 18.3 Å². The summed E-state index contributed by atoms with van der Waals surface area (Å²) in [5.74, 6) is 0.499. The fourth-order valence-corrected chi connectivity index (χ4v) is 10.8. The first-order valence-electron chi connectivity index (χ1n) is 22.9. The molecule has 0 saturated carbocycles. The average molecular weight is 964 g/mol. The molecule has 18 heteroatoms. The minimum absolute atomic E-state index is 0.0251. The van der Waals surface area contributed by atoms with Crippen molar-refractivity contribution < 1.29 is 45.7 Å². The molecule has 362 valence electrons. The van der Waals surface area contributed by atoms with E-state index in [2.05, 4.69) is 14.9 Å². The van der Waals surface area contributed by atoms with Crippen LogP contribution < -0.4 is 24.0 Å². The SMILES string of the molecule is COc1ccc(CN(Cc2ccc(OC)cc2)c2cc(C)c(C(F)(F)F)c(-c3c(Cl)cc4c(N5CC6CCC(C5)N6C(=O)OC(C)(C)C)nc(OC[C@]56CCCN5C[C@@H](F)C6)nc4c3F)n2)cc1. The van der Waals surface area contributed by atoms with Crippen molar-refractivity contribution in [1.82, 2.24) is 24.8 Å². The third-order valence-electron chi connectivity index (χ3n) is 13.6. The number of nitrogens with zero attached hydrogens (tertiary/aromatic N) is 7. The van der Waals surface area contributed by atoms with Gasteiger partial charge in [-0.15, -0.1) is 0 Å². The zero-order chi connectivity index (χ0) is 48.3. The van der Waals surface area contributed by atoms with E-state index in [0.29, 0.717) is 50.4 Å². The molecule has 4 atom stereocenters. The number of halogens is 6. The van der Waals surface area contributed by atoms with Crippen molar-refractivity contribution in [2.75, 3.05) is 56.8 Å². The van der Waals surface area contributed by atoms with Gasteiger partial charge in [-0.1, -0.05) is 35.9 Å². The molecule has 5 aromatic rings. The van der Waals surface area contributed by atoms with Crippen LogP contribution in [0.2, 0.25) is 5.02 Å². The summed E-state index contributed by atoms with van der Waals surface area (Å²) in [4.78, 5) is 35.0. The number of aryl methyl sites for hydroxylation is 1. The number of benzene rings is 3. The quantitative estimate of drug-likeness (QED) is 0.112. The summed E-state index contributed by atoms with van der Waals surface area (Å²) in [6.45, 7) is 8.76. The Bertz CT molecular complexity index is 2620. The monoisotopic (exact) mass is 963 g/mol. The molecule has 4 aliphatic heterocycles. The lowest BCUT2D eigenvalue weighted by atomic mass is 9.95. The summed E-state index contributed by atoms with van der Waals surface area (Å²) in [7, 11) is 3.11. The summed E-state index contributed by atoms with van der Waals surface area (Å²) in [5, 5.41) is -0.197. The van der Waals surface area contributed by atoms with Gasteiger partial charge in [-0.05, 0) is 113 Å². The third kappa shape index (κ3) is 9.39. The molecule has 4 saturated heterocycles. The average Bonchev–Trinajstić information content (AvgIpc) is 3.91. The second-order valence-corrected chi connectivity index (χ2v) is 19.8. The molecule has 9 rings (SSSR count). The molecule has 0 aliphatic carbocycles. The standard InChI is InChI=1S/C50H55ClF5N7O5/c1-29-20-39(60(23-30-8-14-35(65-5)15-9-30)24-31-10-16-36(66-6)17-11-31)57-44(41(29)50(54,55)56)40-38(51)21-37-43(42(40)53)58-46(67-28-49-18-7-19-62(49)25-32(52)22-49)59-45(37)61-26-33-12-13-34(27-61)63(33)47(64)68-48(2,3)4/h8-11,14-17,20-21,32-34H,7,12-13,18-19,22-28H2,1-6H3/t32-,33?,34?,49+/m0/s1. The predicted octanol–water partition coefficient (Wildman–Crippen LogP) is 10.6. The van der Waals surface area contributed by atoms with E-state index in [0.717, 1.165) is 17.5 Å². The van der Waals surface area contributed by atoms with Gasteiger partial charge in [-0.3, -0.25) is 9.80 Å². The highest BCUT2D eigenvalue weighted by atomic mass is 35.5. The first kappa shape index (κ1) is 47.4. The molecule has 2 aromatic heterocycles. The highest BCUT2D eigenvalue weighted by Gasteiger charge is 2.50. The summed E-state index contributed by atoms with van der Waals surface area (Å²) in [6.07, 6.45) is -3.28. The number of carbonyl (C=O) groups is 1. The van der Waals surface area contributed by atoms with Gasteiger partial charge in [0.05, 0.1) is 53.7 Å². The molecule has 2 unspecified atom stereocenters. The summed E-state index contributed by atoms with van der Waals surface area (Å²) < 4.78 is 102. The highest BCUT2D eigenvalue weighted by Crippen LogP contribution is 2.47. The van der Waals surface area contributed by atoms with Gasteiger partial charge in [0.2, 0.25) is 0 Å². The zero-order valence-corrected chi connectivity index (χ0v) is 39.7. The molecule has 4 fully saturated rings. The lowest BCUT2D eigenvalue weighted by molar-refractivity contribution is -0.137. The van der Waals surface area contributed by atoms with Crippen molar-refractivity contribution in [3.05, 3.63) is 93.8 Å². The second kappa shape index (κ2) is 18.3. The van der Waals surface area contributed by atoms with E-state index < -0.39 is 52.2 Å². The van der Waals surface area contributed by atoms with Crippen LogP contribution in [0.15, 0.2) is 60.7 Å². The van der Waals surface area contributed by atoms with Gasteiger partial charge in [-0.2, -0.15) is 23.1 Å². The van der Waals surface area contributed by atoms with Gasteiger partial charge in [0.15, 0.2) is 5.82 Å². The van der Waals surface area contributed by atoms with Crippen molar-refractivity contribution in [3.8, 4) is 28.8 Å². The van der Waals surface area contributed by atoms with Crippen molar-refractivity contribution in [2.24, 2.45) is 0 Å². The lowest BCUT2D eigenvalue weighted by Gasteiger charge is -2.42. The molecule has 68 heavy (non-hydrogen) atoms. The van der Waals surface area contributed by atoms with Crippen LogP contribution in [0.3, 0.4) is 0 Å². The summed E-state index contributed by atoms with van der Waals surface area (Å²) >= 11 is 7.03. The first-order valence-corrected chi connectivity index (χ1v) is 23.3. The lowest BCUT2D eigenvalue weighted by Crippen LogP contribution is -2.57. The smallest absolute Gasteiger partial charge is 0.418 e. The van der Waals surface area contributed by atoms with Gasteiger partial charge in [0, 0.05) is 44.5 Å². The molecular weight excluding hydrogens is 909 g/mol. The molecule has 3 aromatic carbocycles. The number of hydrogen-bond acceptors (Lipinski definition) is 11. The molecule has 6 heterocycles. The maximum atomic E-state index is 17.9. The van der Waals surface area contributed by atoms with E-state index >= 15 is 17.6 Å². The molecule has 12 nitrogen and oxygen atoms in total. The van der Waals surface area contributed by atoms with E-state index in [1.807, 2.05) is 29.2 Å². The fourth-order valence-electron chi connectivity index (χ4n) is 10.5. The van der Waals surface area contributed by atoms with E-state index in [1.54, 1.807) is 69.1 Å². The van der Waals surface area contributed by atoms with Crippen LogP contribution in [0.4, 0.5) is 38.4 Å². The fraction of sp³-hybridized carbons (Fsp3) is 0.480. The number of methoxy groups -OCH3 is 2. The predicted molar refractivity (Wildman–Crippen MR) is 249 cm³/mol. The van der Waals surface area contributed by atoms with Crippen molar-refractivity contribution >= 4 is 40.2 Å². The maximum absolute atomic E-state index is 17.9. The van der Waals surface area contributed by atoms with Crippen LogP contribution in [-0.4, -0.2) is 107 Å². The van der Waals surface area contributed by atoms with E-state index in [4.69, 9.17) is 35.5 Å². The van der Waals surface area contributed by atoms with Crippen LogP contribution in [0.1, 0.15) is 75.1 Å². The van der Waals surface area contributed by atoms with E-state index in [1.165, 1.54) is 19.1 Å². The Balaban J connectivity index is 1.17. The molecule has 0 N–H and O–H groups in total. The number of piperazine rings is 1. The zero-order valence-electron chi connectivity index (χ0n) is 38.9. The summed E-state index contributed by atoms with van der Waals surface area (Å²) in [6, 6.07) is 16.5. The normalized spacial score (nSPS) is 21.6. The van der Waals surface area contributed by atoms with Crippen LogP contribution in [-0.2, 0) is 24.0 Å². The number of carbonyl (C=O) groups excluding carboxylic acids is 1. The first-order chi connectivity index (χ1) is 32.3. The van der Waals surface area contributed by atoms with Crippen molar-refractivity contribution in [3.63, 3.8) is 0 Å². The Morgan fingerprint density at radius 1 is 0.897 bits per heavy atom. The number of rotatable bonds is 12. The van der Waals surface area contributed by atoms with Crippen LogP contribution in [0, 0.1) is 12.7 Å². The van der Waals surface area contributed by atoms with Gasteiger partial charge in [0.1, 0.15) is 47.0 Å². The Morgan fingerprint density at radius 3 is 2.09 bits per heavy atom. The summed E-state index contributed by atoms with van der Waals surface area (Å²) in [5.41, 5.74) is -2.67. The maximum Gasteiger partial charge on any atom is 0.418 e. The number of pyridine rings is 1. The van der Waals surface area contributed by atoms with Crippen LogP contribution in [0.5, 0.6) is 17.5 Å². The molecule has 1 amide bonds. The topological polar surface area (TPSA) is 106 Å². The Labute approximate surface area is 397 Å². The molecule has 0 radical (unpaired) electrons. The molecule has 0 spiro atoms. The number of alkyl halides is 4. The largest absolute Gasteiger partial charge is 0.497 e. The minimum atomic E-state index is -4.98. The number of anilines is 2. The molecular formula is C50H55ClF5N7O5. The number of aromatic nitrogens is 3. The van der Waals surface area contributed by atoms with Gasteiger partial charge < -0.3 is 28.7 Å². The van der Waals surface area contributed by atoms with Crippen LogP contribution >= 0.6 is 11.6 Å². The third-order valence-corrected chi connectivity index (χ3v) is 13.9. The van der Waals surface area contributed by atoms with Crippen LogP contribution in [0.25, 0.3) is 22.2 Å². The van der Waals surface area contributed by atoms with E-state index in [-0.39, 0.29) is 83.9 Å². The number of hydrogen-bond donors (Lipinski definition) is 0. The van der Waals surface area contributed by atoms with Gasteiger partial charge in [0.25, 0.3) is 0 Å². The highest BCUT2D eigenvalue weighted by molar-refractivity contribution is 6.34. The number of ether oxygens (including phenoxy) is 4.